The van der Waals surface area contributed by atoms with Gasteiger partial charge in [0.2, 0.25) is 0 Å². The molecule has 0 unspecified atom stereocenters. The van der Waals surface area contributed by atoms with Gasteiger partial charge in [-0.25, -0.2) is 4.98 Å². The minimum atomic E-state index is -4.64. The van der Waals surface area contributed by atoms with Gasteiger partial charge in [-0.3, -0.25) is 15.2 Å². The first-order valence-electron chi connectivity index (χ1n) is 10.6. The Morgan fingerprint density at radius 2 is 2.03 bits per heavy atom. The van der Waals surface area contributed by atoms with Gasteiger partial charge < -0.3 is 20.5 Å². The molecule has 0 saturated heterocycles. The van der Waals surface area contributed by atoms with Crippen LogP contribution in [-0.4, -0.2) is 27.7 Å². The minimum Gasteiger partial charge on any atom is -0.487 e. The van der Waals surface area contributed by atoms with Gasteiger partial charge in [0.1, 0.15) is 29.7 Å². The lowest BCUT2D eigenvalue weighted by Gasteiger charge is -2.16. The van der Waals surface area contributed by atoms with Crippen molar-refractivity contribution in [2.45, 2.75) is 19.7 Å². The van der Waals surface area contributed by atoms with E-state index in [0.717, 1.165) is 23.4 Å². The topological polar surface area (TPSA) is 126 Å². The van der Waals surface area contributed by atoms with Crippen molar-refractivity contribution in [2.24, 2.45) is 5.73 Å². The Kier molecular flexibility index (Phi) is 8.90. The molecule has 1 aromatic carbocycles. The fourth-order valence-corrected chi connectivity index (χ4v) is 3.42. The zero-order chi connectivity index (χ0) is 26.1. The van der Waals surface area contributed by atoms with Crippen LogP contribution in [0.3, 0.4) is 0 Å². The Balaban J connectivity index is 1.88. The molecule has 0 radical (unpaired) electrons. The molecule has 0 amide bonds. The van der Waals surface area contributed by atoms with Crippen LogP contribution < -0.4 is 20.5 Å². The highest BCUT2D eigenvalue weighted by molar-refractivity contribution is 8.00. The van der Waals surface area contributed by atoms with Gasteiger partial charge in [0.15, 0.2) is 6.29 Å². The Hall–Kier alpha value is -4.06. The lowest BCUT2D eigenvalue weighted by atomic mass is 10.0. The lowest BCUT2D eigenvalue weighted by Crippen LogP contribution is -2.20. The molecule has 8 nitrogen and oxygen atoms in total. The number of halogens is 3. The van der Waals surface area contributed by atoms with Crippen molar-refractivity contribution in [3.05, 3.63) is 89.1 Å². The monoisotopic (exact) mass is 516 g/mol. The maximum atomic E-state index is 13.0. The van der Waals surface area contributed by atoms with E-state index in [2.05, 4.69) is 20.0 Å². The molecule has 5 N–H and O–H groups in total. The average molecular weight is 517 g/mol. The molecule has 0 aliphatic heterocycles. The summed E-state index contributed by atoms with van der Waals surface area (Å²) in [5, 5.41) is 11.0. The minimum absolute atomic E-state index is 0.217. The van der Waals surface area contributed by atoms with Crippen LogP contribution in [0.2, 0.25) is 0 Å². The third kappa shape index (κ3) is 6.98. The van der Waals surface area contributed by atoms with Crippen molar-refractivity contribution >= 4 is 35.5 Å². The van der Waals surface area contributed by atoms with Gasteiger partial charge in [-0.1, -0.05) is 37.1 Å². The second kappa shape index (κ2) is 12.1. The van der Waals surface area contributed by atoms with Crippen molar-refractivity contribution < 1.29 is 22.7 Å². The molecule has 0 saturated carbocycles. The average Bonchev–Trinajstić information content (AvgIpc) is 2.87. The van der Waals surface area contributed by atoms with E-state index >= 15 is 0 Å². The van der Waals surface area contributed by atoms with E-state index in [1.165, 1.54) is 18.0 Å². The molecule has 0 aliphatic carbocycles. The molecule has 3 aromatic rings. The van der Waals surface area contributed by atoms with Crippen LogP contribution in [0.25, 0.3) is 0 Å². The molecule has 188 valence electrons. The zero-order valence-electron chi connectivity index (χ0n) is 19.1. The molecule has 0 spiro atoms. The SMILES string of the molecule is CCSNc1ccc(C(=N)/C(C=O)=C(\N)Nc2cccc(C(F)(F)F)n2)cc1OCc1cccnc1. The number of pyridine rings is 2. The molecule has 3 rings (SSSR count). The normalized spacial score (nSPS) is 11.9. The third-order valence-electron chi connectivity index (χ3n) is 4.69. The number of aromatic nitrogens is 2. The number of alkyl halides is 3. The number of anilines is 2. The molecule has 0 atom stereocenters. The third-order valence-corrected chi connectivity index (χ3v) is 5.35. The molecular weight excluding hydrogens is 493 g/mol. The summed E-state index contributed by atoms with van der Waals surface area (Å²) in [5.41, 5.74) is 6.14. The first-order valence-corrected chi connectivity index (χ1v) is 11.6. The van der Waals surface area contributed by atoms with E-state index in [1.54, 1.807) is 36.7 Å². The predicted molar refractivity (Wildman–Crippen MR) is 134 cm³/mol. The number of carbonyl (C=O) groups excluding carboxylic acids is 1. The van der Waals surface area contributed by atoms with E-state index in [0.29, 0.717) is 23.3 Å². The summed E-state index contributed by atoms with van der Waals surface area (Å²) in [5.74, 6) is 0.691. The maximum absolute atomic E-state index is 13.0. The number of ether oxygens (including phenoxy) is 1. The first-order chi connectivity index (χ1) is 17.2. The van der Waals surface area contributed by atoms with E-state index < -0.39 is 11.9 Å². The van der Waals surface area contributed by atoms with Crippen LogP contribution in [0.1, 0.15) is 23.7 Å². The first kappa shape index (κ1) is 26.5. The van der Waals surface area contributed by atoms with Gasteiger partial charge in [0.25, 0.3) is 0 Å². The van der Waals surface area contributed by atoms with Gasteiger partial charge in [-0.05, 0) is 30.3 Å². The van der Waals surface area contributed by atoms with Gasteiger partial charge in [-0.2, -0.15) is 13.2 Å². The summed E-state index contributed by atoms with van der Waals surface area (Å²) < 4.78 is 48.0. The van der Waals surface area contributed by atoms with Gasteiger partial charge in [-0.15, -0.1) is 0 Å². The number of carbonyl (C=O) groups is 1. The van der Waals surface area contributed by atoms with Crippen LogP contribution in [0.5, 0.6) is 5.75 Å². The number of nitrogens with one attached hydrogen (secondary N) is 3. The lowest BCUT2D eigenvalue weighted by molar-refractivity contribution is -0.141. The van der Waals surface area contributed by atoms with Crippen LogP contribution in [0, 0.1) is 5.41 Å². The number of aldehydes is 1. The fourth-order valence-electron chi connectivity index (χ4n) is 2.96. The number of allylic oxidation sites excluding steroid dienone is 1. The van der Waals surface area contributed by atoms with Crippen molar-refractivity contribution in [1.82, 2.24) is 9.97 Å². The Morgan fingerprint density at radius 3 is 2.69 bits per heavy atom. The van der Waals surface area contributed by atoms with Crippen molar-refractivity contribution in [3.8, 4) is 5.75 Å². The largest absolute Gasteiger partial charge is 0.487 e. The van der Waals surface area contributed by atoms with Crippen molar-refractivity contribution in [2.75, 3.05) is 15.8 Å². The van der Waals surface area contributed by atoms with Crippen LogP contribution >= 0.6 is 11.9 Å². The van der Waals surface area contributed by atoms with Gasteiger partial charge in [0.05, 0.1) is 17.0 Å². The Labute approximate surface area is 209 Å². The highest BCUT2D eigenvalue weighted by atomic mass is 32.2. The summed E-state index contributed by atoms with van der Waals surface area (Å²) in [6.45, 7) is 2.20. The van der Waals surface area contributed by atoms with Gasteiger partial charge in [0, 0.05) is 29.3 Å². The quantitative estimate of drug-likeness (QED) is 0.121. The molecule has 0 fully saturated rings. The maximum Gasteiger partial charge on any atom is 0.433 e. The number of rotatable bonds is 11. The summed E-state index contributed by atoms with van der Waals surface area (Å²) in [6, 6.07) is 11.8. The van der Waals surface area contributed by atoms with Crippen LogP contribution in [-0.2, 0) is 17.6 Å². The molecule has 2 aromatic heterocycles. The Bertz CT molecular complexity index is 1250. The van der Waals surface area contributed by atoms with Crippen molar-refractivity contribution in [3.63, 3.8) is 0 Å². The molecule has 0 bridgehead atoms. The summed E-state index contributed by atoms with van der Waals surface area (Å²) in [7, 11) is 0. The molecule has 36 heavy (non-hydrogen) atoms. The number of nitrogens with two attached hydrogens (primary N) is 1. The van der Waals surface area contributed by atoms with Crippen LogP contribution in [0.15, 0.2) is 72.3 Å². The number of nitrogens with zero attached hydrogens (tertiary/aromatic N) is 2. The smallest absolute Gasteiger partial charge is 0.433 e. The second-order valence-electron chi connectivity index (χ2n) is 7.25. The predicted octanol–water partition coefficient (Wildman–Crippen LogP) is 5.00. The molecule has 0 aliphatic rings. The van der Waals surface area contributed by atoms with E-state index in [1.807, 2.05) is 13.0 Å². The van der Waals surface area contributed by atoms with Crippen LogP contribution in [0.4, 0.5) is 24.7 Å². The number of hydrogen-bond donors (Lipinski definition) is 4. The molecule has 12 heteroatoms. The van der Waals surface area contributed by atoms with E-state index in [4.69, 9.17) is 15.9 Å². The summed E-state index contributed by atoms with van der Waals surface area (Å²) in [6.07, 6.45) is -0.972. The molecular formula is C24H23F3N6O2S. The van der Waals surface area contributed by atoms with Crippen molar-refractivity contribution in [1.29, 1.82) is 5.41 Å². The second-order valence-corrected chi connectivity index (χ2v) is 8.32. The zero-order valence-corrected chi connectivity index (χ0v) is 19.9. The number of benzene rings is 1. The number of hydrogen-bond acceptors (Lipinski definition) is 9. The fraction of sp³-hybridized carbons (Fsp3) is 0.167. The highest BCUT2D eigenvalue weighted by Crippen LogP contribution is 2.30. The van der Waals surface area contributed by atoms with E-state index in [9.17, 15) is 18.0 Å². The van der Waals surface area contributed by atoms with E-state index in [-0.39, 0.29) is 29.5 Å². The Morgan fingerprint density at radius 1 is 1.22 bits per heavy atom. The summed E-state index contributed by atoms with van der Waals surface area (Å²) >= 11 is 1.45. The standard InChI is InChI=1S/C24H23F3N6O2S/c1-2-36-33-18-9-8-16(11-19(18)35-14-15-5-4-10-30-12-15)22(28)17(13-34)23(29)32-21-7-3-6-20(31-21)24(25,26)27/h3-13,28,33H,2,14,29H2,1H3,(H,31,32)/b23-17+,28-22?. The molecule has 2 heterocycles. The van der Waals surface area contributed by atoms with Gasteiger partial charge >= 0.3 is 6.18 Å². The highest BCUT2D eigenvalue weighted by Gasteiger charge is 2.32. The summed E-state index contributed by atoms with van der Waals surface area (Å²) in [4.78, 5) is 19.3.